The van der Waals surface area contributed by atoms with Gasteiger partial charge >= 0.3 is 0 Å². The maximum absolute atomic E-state index is 12.4. The van der Waals surface area contributed by atoms with Crippen LogP contribution in [0.15, 0.2) is 30.3 Å². The van der Waals surface area contributed by atoms with Crippen LogP contribution in [-0.4, -0.2) is 42.2 Å². The number of hydrogen-bond acceptors (Lipinski definition) is 4. The number of carbonyl (C=O) groups excluding carboxylic acids is 1. The number of ether oxygens (including phenoxy) is 1. The second kappa shape index (κ2) is 6.20. The number of rotatable bonds is 1. The zero-order valence-electron chi connectivity index (χ0n) is 11.4. The standard InChI is InChI=1S/C15H16N2O3.ClH/c16-13-3-1-2-11-10(13)4-5-12(14(11)18)15(19)17-6-8-20-9-7-17;/h1-5,18H,6-9,16H2;1H. The van der Waals surface area contributed by atoms with E-state index in [1.807, 2.05) is 0 Å². The van der Waals surface area contributed by atoms with Gasteiger partial charge in [-0.15, -0.1) is 12.4 Å². The number of nitrogen functional groups attached to an aromatic ring is 1. The highest BCUT2D eigenvalue weighted by Crippen LogP contribution is 2.32. The average Bonchev–Trinajstić information content (AvgIpc) is 2.49. The van der Waals surface area contributed by atoms with Crippen molar-refractivity contribution in [3.8, 4) is 5.75 Å². The number of nitrogens with two attached hydrogens (primary N) is 1. The largest absolute Gasteiger partial charge is 0.506 e. The Hall–Kier alpha value is -1.98. The first kappa shape index (κ1) is 15.4. The van der Waals surface area contributed by atoms with Gasteiger partial charge in [-0.25, -0.2) is 0 Å². The number of anilines is 1. The number of amides is 1. The van der Waals surface area contributed by atoms with Gasteiger partial charge in [0.1, 0.15) is 5.75 Å². The molecule has 0 aliphatic carbocycles. The first-order chi connectivity index (χ1) is 9.68. The van der Waals surface area contributed by atoms with Crippen LogP contribution in [0.4, 0.5) is 5.69 Å². The lowest BCUT2D eigenvalue weighted by Gasteiger charge is -2.27. The van der Waals surface area contributed by atoms with Gasteiger partial charge < -0.3 is 20.5 Å². The molecule has 1 aliphatic rings. The summed E-state index contributed by atoms with van der Waals surface area (Å²) in [5, 5.41) is 11.7. The molecule has 0 radical (unpaired) electrons. The summed E-state index contributed by atoms with van der Waals surface area (Å²) in [5.74, 6) is -0.179. The van der Waals surface area contributed by atoms with Gasteiger partial charge in [-0.2, -0.15) is 0 Å². The fourth-order valence-corrected chi connectivity index (χ4v) is 2.48. The van der Waals surface area contributed by atoms with E-state index in [1.54, 1.807) is 35.2 Å². The van der Waals surface area contributed by atoms with Crippen LogP contribution in [0.25, 0.3) is 10.8 Å². The fraction of sp³-hybridized carbons (Fsp3) is 0.267. The summed E-state index contributed by atoms with van der Waals surface area (Å²) in [6.07, 6.45) is 0. The third-order valence-electron chi connectivity index (χ3n) is 3.60. The molecule has 1 fully saturated rings. The molecule has 21 heavy (non-hydrogen) atoms. The summed E-state index contributed by atoms with van der Waals surface area (Å²) < 4.78 is 5.23. The van der Waals surface area contributed by atoms with E-state index in [2.05, 4.69) is 0 Å². The van der Waals surface area contributed by atoms with Crippen LogP contribution in [0.2, 0.25) is 0 Å². The molecular weight excluding hydrogens is 292 g/mol. The monoisotopic (exact) mass is 308 g/mol. The van der Waals surface area contributed by atoms with Gasteiger partial charge in [-0.1, -0.05) is 18.2 Å². The van der Waals surface area contributed by atoms with E-state index in [0.29, 0.717) is 42.9 Å². The highest BCUT2D eigenvalue weighted by Gasteiger charge is 2.22. The minimum absolute atomic E-state index is 0. The number of benzene rings is 2. The number of phenols is 1. The van der Waals surface area contributed by atoms with Crippen molar-refractivity contribution in [1.29, 1.82) is 0 Å². The summed E-state index contributed by atoms with van der Waals surface area (Å²) in [4.78, 5) is 14.1. The van der Waals surface area contributed by atoms with Crippen LogP contribution < -0.4 is 5.73 Å². The minimum atomic E-state index is -0.171. The van der Waals surface area contributed by atoms with Crippen LogP contribution in [0, 0.1) is 0 Å². The van der Waals surface area contributed by atoms with E-state index in [1.165, 1.54) is 0 Å². The lowest BCUT2D eigenvalue weighted by atomic mass is 10.0. The molecule has 112 valence electrons. The molecule has 0 saturated carbocycles. The van der Waals surface area contributed by atoms with Crippen molar-refractivity contribution in [3.63, 3.8) is 0 Å². The summed E-state index contributed by atoms with van der Waals surface area (Å²) in [6.45, 7) is 2.17. The predicted molar refractivity (Wildman–Crippen MR) is 84.0 cm³/mol. The van der Waals surface area contributed by atoms with Crippen LogP contribution in [0.5, 0.6) is 5.75 Å². The van der Waals surface area contributed by atoms with E-state index >= 15 is 0 Å². The summed E-state index contributed by atoms with van der Waals surface area (Å²) in [6, 6.07) is 8.70. The lowest BCUT2D eigenvalue weighted by molar-refractivity contribution is 0.0301. The molecule has 1 saturated heterocycles. The third-order valence-corrected chi connectivity index (χ3v) is 3.60. The molecule has 1 heterocycles. The maximum atomic E-state index is 12.4. The maximum Gasteiger partial charge on any atom is 0.257 e. The van der Waals surface area contributed by atoms with Gasteiger partial charge in [0.2, 0.25) is 0 Å². The number of fused-ring (bicyclic) bond motifs is 1. The molecule has 0 unspecified atom stereocenters. The van der Waals surface area contributed by atoms with E-state index in [-0.39, 0.29) is 24.1 Å². The van der Waals surface area contributed by atoms with E-state index < -0.39 is 0 Å². The topological polar surface area (TPSA) is 75.8 Å². The first-order valence-electron chi connectivity index (χ1n) is 6.55. The summed E-state index contributed by atoms with van der Waals surface area (Å²) in [7, 11) is 0. The fourth-order valence-electron chi connectivity index (χ4n) is 2.48. The first-order valence-corrected chi connectivity index (χ1v) is 6.55. The zero-order valence-corrected chi connectivity index (χ0v) is 12.2. The number of aromatic hydroxyl groups is 1. The number of phenolic OH excluding ortho intramolecular Hbond substituents is 1. The Morgan fingerprint density at radius 3 is 2.57 bits per heavy atom. The Morgan fingerprint density at radius 2 is 1.86 bits per heavy atom. The van der Waals surface area contributed by atoms with Crippen molar-refractivity contribution in [3.05, 3.63) is 35.9 Å². The number of carbonyl (C=O) groups is 1. The van der Waals surface area contributed by atoms with Crippen molar-refractivity contribution in [2.24, 2.45) is 0 Å². The van der Waals surface area contributed by atoms with E-state index in [9.17, 15) is 9.90 Å². The molecule has 5 nitrogen and oxygen atoms in total. The van der Waals surface area contributed by atoms with Crippen LogP contribution >= 0.6 is 12.4 Å². The summed E-state index contributed by atoms with van der Waals surface area (Å²) >= 11 is 0. The third kappa shape index (κ3) is 2.75. The molecule has 0 spiro atoms. The van der Waals surface area contributed by atoms with Crippen LogP contribution in [0.3, 0.4) is 0 Å². The number of hydrogen-bond donors (Lipinski definition) is 2. The quantitative estimate of drug-likeness (QED) is 0.790. The Labute approximate surface area is 128 Å². The normalized spacial score (nSPS) is 14.8. The highest BCUT2D eigenvalue weighted by molar-refractivity contribution is 6.06. The SMILES string of the molecule is Cl.Nc1cccc2c(O)c(C(=O)N3CCOCC3)ccc12. The van der Waals surface area contributed by atoms with Gasteiger partial charge in [-0.3, -0.25) is 4.79 Å². The molecule has 0 bridgehead atoms. The van der Waals surface area contributed by atoms with Gasteiger partial charge in [-0.05, 0) is 12.1 Å². The molecule has 6 heteroatoms. The average molecular weight is 309 g/mol. The van der Waals surface area contributed by atoms with Gasteiger partial charge in [0.25, 0.3) is 5.91 Å². The van der Waals surface area contributed by atoms with Crippen molar-refractivity contribution in [2.45, 2.75) is 0 Å². The predicted octanol–water partition coefficient (Wildman–Crippen LogP) is 2.02. The van der Waals surface area contributed by atoms with Crippen LogP contribution in [-0.2, 0) is 4.74 Å². The number of nitrogens with zero attached hydrogens (tertiary/aromatic N) is 1. The minimum Gasteiger partial charge on any atom is -0.506 e. The van der Waals surface area contributed by atoms with E-state index in [4.69, 9.17) is 10.5 Å². The second-order valence-corrected chi connectivity index (χ2v) is 4.81. The van der Waals surface area contributed by atoms with Crippen molar-refractivity contribution in [1.82, 2.24) is 4.90 Å². The molecule has 3 N–H and O–H groups in total. The molecule has 0 aromatic heterocycles. The molecular formula is C15H17ClN2O3. The van der Waals surface area contributed by atoms with Gasteiger partial charge in [0, 0.05) is 29.5 Å². The van der Waals surface area contributed by atoms with Gasteiger partial charge in [0.05, 0.1) is 18.8 Å². The number of halogens is 1. The van der Waals surface area contributed by atoms with Crippen molar-refractivity contribution < 1.29 is 14.6 Å². The second-order valence-electron chi connectivity index (χ2n) is 4.81. The summed E-state index contributed by atoms with van der Waals surface area (Å²) in [5.41, 5.74) is 6.77. The van der Waals surface area contributed by atoms with E-state index in [0.717, 1.165) is 5.39 Å². The molecule has 1 amide bonds. The molecule has 0 atom stereocenters. The van der Waals surface area contributed by atoms with Crippen molar-refractivity contribution >= 4 is 34.8 Å². The Morgan fingerprint density at radius 1 is 1.14 bits per heavy atom. The molecule has 3 rings (SSSR count). The zero-order chi connectivity index (χ0) is 14.1. The molecule has 1 aliphatic heterocycles. The molecule has 2 aromatic rings. The Kier molecular flexibility index (Phi) is 4.55. The van der Waals surface area contributed by atoms with Gasteiger partial charge in [0.15, 0.2) is 0 Å². The number of morpholine rings is 1. The van der Waals surface area contributed by atoms with Crippen LogP contribution in [0.1, 0.15) is 10.4 Å². The smallest absolute Gasteiger partial charge is 0.257 e. The van der Waals surface area contributed by atoms with Crippen molar-refractivity contribution in [2.75, 3.05) is 32.0 Å². The molecule has 2 aromatic carbocycles. The Bertz CT molecular complexity index is 669. The highest BCUT2D eigenvalue weighted by atomic mass is 35.5. The Balaban J connectivity index is 0.00000161. The lowest BCUT2D eigenvalue weighted by Crippen LogP contribution is -2.40.